The normalized spacial score (nSPS) is 19.1. The van der Waals surface area contributed by atoms with Crippen molar-refractivity contribution in [3.63, 3.8) is 0 Å². The van der Waals surface area contributed by atoms with Crippen LogP contribution < -0.4 is 5.32 Å². The Balaban J connectivity index is 2.44. The molecule has 6 heteroatoms. The summed E-state index contributed by atoms with van der Waals surface area (Å²) < 4.78 is 40.7. The fraction of sp³-hybridized carbons (Fsp3) is 0.350. The lowest BCUT2D eigenvalue weighted by atomic mass is 10.1. The molecular formula is C20H23F3N2O. The summed E-state index contributed by atoms with van der Waals surface area (Å²) in [4.78, 5) is 13.7. The maximum atomic E-state index is 13.8. The molecule has 0 aromatic heterocycles. The minimum atomic E-state index is -2.75. The lowest BCUT2D eigenvalue weighted by Crippen LogP contribution is -2.31. The van der Waals surface area contributed by atoms with E-state index in [9.17, 15) is 18.0 Å². The molecule has 1 N–H and O–H groups in total. The average Bonchev–Trinajstić information content (AvgIpc) is 2.94. The molecule has 3 nitrogen and oxygen atoms in total. The molecule has 26 heavy (non-hydrogen) atoms. The molecule has 1 unspecified atom stereocenters. The Morgan fingerprint density at radius 3 is 2.38 bits per heavy atom. The Hall–Kier alpha value is -2.50. The molecule has 0 saturated heterocycles. The summed E-state index contributed by atoms with van der Waals surface area (Å²) in [6.45, 7) is 9.46. The van der Waals surface area contributed by atoms with E-state index < -0.39 is 17.8 Å². The Labute approximate surface area is 151 Å². The van der Waals surface area contributed by atoms with Gasteiger partial charge in [-0.1, -0.05) is 25.3 Å². The highest BCUT2D eigenvalue weighted by atomic mass is 19.3. The van der Waals surface area contributed by atoms with Crippen molar-refractivity contribution >= 4 is 11.6 Å². The molecule has 1 aliphatic carbocycles. The number of alkyl halides is 2. The summed E-state index contributed by atoms with van der Waals surface area (Å²) >= 11 is 0. The van der Waals surface area contributed by atoms with Gasteiger partial charge in [-0.15, -0.1) is 0 Å². The lowest BCUT2D eigenvalue weighted by molar-refractivity contribution is -0.116. The van der Waals surface area contributed by atoms with E-state index >= 15 is 0 Å². The molecule has 1 atom stereocenters. The summed E-state index contributed by atoms with van der Waals surface area (Å²) in [6.07, 6.45) is 1.22. The van der Waals surface area contributed by atoms with E-state index in [1.54, 1.807) is 11.8 Å². The molecule has 0 radical (unpaired) electrons. The molecule has 0 spiro atoms. The molecule has 1 aliphatic rings. The number of rotatable bonds is 6. The first-order valence-electron chi connectivity index (χ1n) is 8.35. The number of amides is 1. The third-order valence-electron chi connectivity index (χ3n) is 4.46. The number of halogens is 3. The monoisotopic (exact) mass is 364 g/mol. The van der Waals surface area contributed by atoms with Gasteiger partial charge in [0.15, 0.2) is 0 Å². The lowest BCUT2D eigenvalue weighted by Gasteiger charge is -2.30. The summed E-state index contributed by atoms with van der Waals surface area (Å²) in [5.74, 6) is -3.51. The maximum Gasteiger partial charge on any atom is 0.252 e. The van der Waals surface area contributed by atoms with Gasteiger partial charge in [0.25, 0.3) is 5.91 Å². The van der Waals surface area contributed by atoms with Gasteiger partial charge >= 0.3 is 0 Å². The zero-order chi connectivity index (χ0) is 19.5. The van der Waals surface area contributed by atoms with Crippen molar-refractivity contribution in [1.29, 1.82) is 0 Å². The largest absolute Gasteiger partial charge is 0.355 e. The van der Waals surface area contributed by atoms with E-state index in [0.717, 1.165) is 0 Å². The van der Waals surface area contributed by atoms with Crippen LogP contribution in [0.3, 0.4) is 0 Å². The topological polar surface area (TPSA) is 32.3 Å². The van der Waals surface area contributed by atoms with Crippen molar-refractivity contribution in [2.45, 2.75) is 38.2 Å². The van der Waals surface area contributed by atoms with E-state index in [1.807, 2.05) is 0 Å². The number of nitrogens with zero attached hydrogens (tertiary/aromatic N) is 1. The van der Waals surface area contributed by atoms with Crippen LogP contribution in [-0.2, 0) is 4.79 Å². The van der Waals surface area contributed by atoms with E-state index in [-0.39, 0.29) is 30.7 Å². The van der Waals surface area contributed by atoms with Gasteiger partial charge in [0.1, 0.15) is 5.82 Å². The quantitative estimate of drug-likeness (QED) is 0.596. The van der Waals surface area contributed by atoms with Crippen molar-refractivity contribution in [1.82, 2.24) is 10.2 Å². The van der Waals surface area contributed by atoms with Gasteiger partial charge in [0, 0.05) is 37.8 Å². The summed E-state index contributed by atoms with van der Waals surface area (Å²) in [7, 11) is 1.49. The molecular weight excluding hydrogens is 341 g/mol. The molecule has 1 saturated carbocycles. The standard InChI is InChI=1S/C20H23F3N2O/c1-13(2)18(19(26)24-4)12-25(17-9-10-20(22,23)11-17)14(3)15-5-7-16(21)8-6-15/h5-8,12,17H,1,3,9-11H2,2,4H3,(H,24,26)/b18-12+. The van der Waals surface area contributed by atoms with Crippen LogP contribution in [0.4, 0.5) is 13.2 Å². The Kier molecular flexibility index (Phi) is 5.95. The van der Waals surface area contributed by atoms with Crippen LogP contribution in [-0.4, -0.2) is 29.8 Å². The summed E-state index contributed by atoms with van der Waals surface area (Å²) in [6, 6.07) is 5.12. The van der Waals surface area contributed by atoms with E-state index in [0.29, 0.717) is 16.8 Å². The smallest absolute Gasteiger partial charge is 0.252 e. The number of carbonyl (C=O) groups excluding carboxylic acids is 1. The number of hydrogen-bond donors (Lipinski definition) is 1. The van der Waals surface area contributed by atoms with Crippen LogP contribution in [0.2, 0.25) is 0 Å². The predicted molar refractivity (Wildman–Crippen MR) is 96.8 cm³/mol. The van der Waals surface area contributed by atoms with Crippen molar-refractivity contribution in [2.24, 2.45) is 0 Å². The second kappa shape index (κ2) is 7.81. The van der Waals surface area contributed by atoms with Crippen LogP contribution in [0.5, 0.6) is 0 Å². The molecule has 0 bridgehead atoms. The Morgan fingerprint density at radius 1 is 1.31 bits per heavy atom. The molecule has 140 valence electrons. The number of likely N-dealkylation sites (N-methyl/N-ethyl adjacent to an activating group) is 1. The molecule has 1 aromatic carbocycles. The van der Waals surface area contributed by atoms with Gasteiger partial charge < -0.3 is 10.2 Å². The van der Waals surface area contributed by atoms with Crippen LogP contribution in [0.15, 0.2) is 54.8 Å². The van der Waals surface area contributed by atoms with Crippen LogP contribution in [0.1, 0.15) is 31.7 Å². The van der Waals surface area contributed by atoms with Crippen LogP contribution in [0, 0.1) is 5.82 Å². The second-order valence-corrected chi connectivity index (χ2v) is 6.52. The first-order valence-corrected chi connectivity index (χ1v) is 8.35. The van der Waals surface area contributed by atoms with Crippen LogP contribution in [0.25, 0.3) is 5.70 Å². The average molecular weight is 364 g/mol. The van der Waals surface area contributed by atoms with Gasteiger partial charge in [-0.2, -0.15) is 0 Å². The van der Waals surface area contributed by atoms with E-state index in [2.05, 4.69) is 18.5 Å². The van der Waals surface area contributed by atoms with Crippen molar-refractivity contribution < 1.29 is 18.0 Å². The minimum absolute atomic E-state index is 0.221. The first kappa shape index (κ1) is 19.8. The molecule has 1 aromatic rings. The molecule has 0 heterocycles. The fourth-order valence-electron chi connectivity index (χ4n) is 3.00. The minimum Gasteiger partial charge on any atom is -0.355 e. The van der Waals surface area contributed by atoms with E-state index in [4.69, 9.17) is 0 Å². The van der Waals surface area contributed by atoms with E-state index in [1.165, 1.54) is 37.5 Å². The third kappa shape index (κ3) is 4.56. The number of benzene rings is 1. The highest BCUT2D eigenvalue weighted by Crippen LogP contribution is 2.40. The molecule has 0 aliphatic heterocycles. The highest BCUT2D eigenvalue weighted by molar-refractivity contribution is 5.97. The molecule has 1 amide bonds. The Bertz CT molecular complexity index is 738. The zero-order valence-electron chi connectivity index (χ0n) is 15.0. The highest BCUT2D eigenvalue weighted by Gasteiger charge is 2.42. The first-order chi connectivity index (χ1) is 12.1. The SMILES string of the molecule is C=C(C)/C(=C\N(C(=C)c1ccc(F)cc1)C1CCC(F)(F)C1)C(=O)NC. The van der Waals surface area contributed by atoms with Gasteiger partial charge in [0.2, 0.25) is 5.92 Å². The maximum absolute atomic E-state index is 13.8. The Morgan fingerprint density at radius 2 is 1.92 bits per heavy atom. The number of hydrogen-bond acceptors (Lipinski definition) is 2. The second-order valence-electron chi connectivity index (χ2n) is 6.52. The predicted octanol–water partition coefficient (Wildman–Crippen LogP) is 4.49. The number of carbonyl (C=O) groups is 1. The summed E-state index contributed by atoms with van der Waals surface area (Å²) in [5, 5.41) is 2.52. The molecule has 1 fully saturated rings. The number of nitrogens with one attached hydrogen (secondary N) is 1. The zero-order valence-corrected chi connectivity index (χ0v) is 15.0. The van der Waals surface area contributed by atoms with Gasteiger partial charge in [-0.3, -0.25) is 4.79 Å². The van der Waals surface area contributed by atoms with Crippen molar-refractivity contribution in [3.8, 4) is 0 Å². The van der Waals surface area contributed by atoms with Gasteiger partial charge in [-0.25, -0.2) is 13.2 Å². The van der Waals surface area contributed by atoms with Crippen molar-refractivity contribution in [3.05, 3.63) is 66.2 Å². The van der Waals surface area contributed by atoms with Gasteiger partial charge in [-0.05, 0) is 36.6 Å². The van der Waals surface area contributed by atoms with Gasteiger partial charge in [0.05, 0.1) is 5.57 Å². The molecule has 2 rings (SSSR count). The third-order valence-corrected chi connectivity index (χ3v) is 4.46. The summed E-state index contributed by atoms with van der Waals surface area (Å²) in [5.41, 5.74) is 1.81. The van der Waals surface area contributed by atoms with Crippen molar-refractivity contribution in [2.75, 3.05) is 7.05 Å². The van der Waals surface area contributed by atoms with Crippen LogP contribution >= 0.6 is 0 Å². The fourth-order valence-corrected chi connectivity index (χ4v) is 3.00.